The van der Waals surface area contributed by atoms with Crippen LogP contribution in [0.3, 0.4) is 0 Å². The third-order valence-electron chi connectivity index (χ3n) is 7.81. The van der Waals surface area contributed by atoms with E-state index in [1.54, 1.807) is 12.1 Å². The molecule has 3 aliphatic rings. The number of amides is 1. The average molecular weight is 574 g/mol. The Kier molecular flexibility index (Phi) is 7.17. The number of carbonyl (C=O) groups is 1. The topological polar surface area (TPSA) is 110 Å². The number of pyridine rings is 1. The van der Waals surface area contributed by atoms with Crippen LogP contribution in [-0.4, -0.2) is 82.6 Å². The van der Waals surface area contributed by atoms with Gasteiger partial charge >= 0.3 is 6.09 Å². The number of carboxylic acid groups (broad SMARTS) is 1. The molecule has 1 aromatic carbocycles. The number of aromatic nitrogens is 3. The van der Waals surface area contributed by atoms with Crippen molar-refractivity contribution in [2.24, 2.45) is 0 Å². The van der Waals surface area contributed by atoms with Crippen LogP contribution >= 0.6 is 11.3 Å². The summed E-state index contributed by atoms with van der Waals surface area (Å²) in [6.07, 6.45) is 1.14. The van der Waals surface area contributed by atoms with Gasteiger partial charge in [-0.15, -0.1) is 10.2 Å². The Morgan fingerprint density at radius 1 is 1.15 bits per heavy atom. The molecule has 2 aromatic heterocycles. The van der Waals surface area contributed by atoms with Crippen molar-refractivity contribution in [3.05, 3.63) is 36.3 Å². The summed E-state index contributed by atoms with van der Waals surface area (Å²) in [6.45, 7) is -0.0151. The van der Waals surface area contributed by atoms with Gasteiger partial charge in [-0.1, -0.05) is 17.4 Å². The molecular formula is C27H29F2N5O5S. The van der Waals surface area contributed by atoms with Crippen LogP contribution in [0.2, 0.25) is 0 Å². The molecule has 4 heterocycles. The van der Waals surface area contributed by atoms with Crippen LogP contribution in [0, 0.1) is 5.95 Å². The fraction of sp³-hybridized carbons (Fsp3) is 0.481. The second-order valence-corrected chi connectivity index (χ2v) is 11.2. The van der Waals surface area contributed by atoms with E-state index < -0.39 is 30.3 Å². The minimum Gasteiger partial charge on any atom is -0.481 e. The van der Waals surface area contributed by atoms with Crippen molar-refractivity contribution in [1.29, 1.82) is 0 Å². The zero-order valence-electron chi connectivity index (χ0n) is 22.0. The maximum absolute atomic E-state index is 15.8. The summed E-state index contributed by atoms with van der Waals surface area (Å²) in [5.41, 5.74) is 1.91. The van der Waals surface area contributed by atoms with Crippen LogP contribution in [0.4, 0.5) is 18.7 Å². The summed E-state index contributed by atoms with van der Waals surface area (Å²) in [5.74, 6) is -0.0472. The van der Waals surface area contributed by atoms with Gasteiger partial charge in [0.2, 0.25) is 17.0 Å². The summed E-state index contributed by atoms with van der Waals surface area (Å²) in [4.78, 5) is 18.8. The molecule has 40 heavy (non-hydrogen) atoms. The SMILES string of the molecule is COCOc1cc(-c2cc(F)nc(OC)c2)ccc1-c1nnc(N(C2CC2)[C@H]2C[C@@H]3CC[C@H]([C@H]2F)N3C(=O)O)s1. The largest absolute Gasteiger partial charge is 0.481 e. The number of ether oxygens (including phenoxy) is 3. The predicted molar refractivity (Wildman–Crippen MR) is 143 cm³/mol. The number of nitrogens with zero attached hydrogens (tertiary/aromatic N) is 5. The van der Waals surface area contributed by atoms with Crippen LogP contribution in [0.1, 0.15) is 32.1 Å². The van der Waals surface area contributed by atoms with E-state index in [2.05, 4.69) is 15.2 Å². The molecule has 2 bridgehead atoms. The van der Waals surface area contributed by atoms with E-state index in [1.165, 1.54) is 36.5 Å². The van der Waals surface area contributed by atoms with Crippen molar-refractivity contribution in [3.63, 3.8) is 0 Å². The fourth-order valence-electron chi connectivity index (χ4n) is 5.90. The van der Waals surface area contributed by atoms with E-state index in [-0.39, 0.29) is 24.8 Å². The van der Waals surface area contributed by atoms with Gasteiger partial charge in [-0.3, -0.25) is 4.90 Å². The predicted octanol–water partition coefficient (Wildman–Crippen LogP) is 4.99. The van der Waals surface area contributed by atoms with E-state index in [4.69, 9.17) is 14.2 Å². The molecule has 6 rings (SSSR count). The van der Waals surface area contributed by atoms with Crippen LogP contribution < -0.4 is 14.4 Å². The standard InChI is InChI=1S/C27H29F2N5O5S/c1-37-13-39-21-9-14(15-10-22(28)30-23(11-15)38-2)3-7-18(21)25-31-32-26(40-25)33(16-4-5-16)20-12-17-6-8-19(24(20)29)34(17)27(35)36/h3,7,9-11,16-17,19-20,24H,4-6,8,12-13H2,1-2H3,(H,35,36)/t17-,19+,20-,24+/m0/s1. The molecule has 13 heteroatoms. The summed E-state index contributed by atoms with van der Waals surface area (Å²) in [5, 5.41) is 19.7. The molecule has 2 aliphatic heterocycles. The third kappa shape index (κ3) is 4.92. The normalized spacial score (nSPS) is 23.8. The lowest BCUT2D eigenvalue weighted by Gasteiger charge is -2.44. The average Bonchev–Trinajstić information content (AvgIpc) is 3.55. The Labute approximate surface area is 233 Å². The number of rotatable bonds is 9. The van der Waals surface area contributed by atoms with Gasteiger partial charge in [-0.2, -0.15) is 9.37 Å². The summed E-state index contributed by atoms with van der Waals surface area (Å²) >= 11 is 1.34. The summed E-state index contributed by atoms with van der Waals surface area (Å²) in [7, 11) is 2.94. The number of methoxy groups -OCH3 is 2. The molecule has 4 atom stereocenters. The molecule has 1 N–H and O–H groups in total. The Hall–Kier alpha value is -3.58. The van der Waals surface area contributed by atoms with Gasteiger partial charge < -0.3 is 24.2 Å². The molecule has 3 fully saturated rings. The van der Waals surface area contributed by atoms with Gasteiger partial charge in [0.1, 0.15) is 11.9 Å². The second kappa shape index (κ2) is 10.8. The van der Waals surface area contributed by atoms with Crippen molar-refractivity contribution < 1.29 is 32.9 Å². The molecule has 0 spiro atoms. The van der Waals surface area contributed by atoms with Crippen molar-refractivity contribution in [3.8, 4) is 33.3 Å². The lowest BCUT2D eigenvalue weighted by atomic mass is 9.94. The molecule has 10 nitrogen and oxygen atoms in total. The molecular weight excluding hydrogens is 544 g/mol. The number of halogens is 2. The summed E-state index contributed by atoms with van der Waals surface area (Å²) in [6, 6.07) is 7.22. The van der Waals surface area contributed by atoms with Gasteiger partial charge in [0.25, 0.3) is 0 Å². The highest BCUT2D eigenvalue weighted by molar-refractivity contribution is 7.18. The van der Waals surface area contributed by atoms with Crippen LogP contribution in [0.15, 0.2) is 30.3 Å². The molecule has 1 aliphatic carbocycles. The maximum atomic E-state index is 15.8. The number of benzene rings is 1. The van der Waals surface area contributed by atoms with E-state index in [0.29, 0.717) is 51.8 Å². The molecule has 0 radical (unpaired) electrons. The van der Waals surface area contributed by atoms with Crippen LogP contribution in [0.25, 0.3) is 21.7 Å². The Morgan fingerprint density at radius 3 is 2.70 bits per heavy atom. The number of hydrogen-bond acceptors (Lipinski definition) is 9. The smallest absolute Gasteiger partial charge is 0.407 e. The van der Waals surface area contributed by atoms with E-state index in [9.17, 15) is 14.3 Å². The van der Waals surface area contributed by atoms with Crippen molar-refractivity contribution in [1.82, 2.24) is 20.1 Å². The molecule has 0 unspecified atom stereocenters. The first-order valence-electron chi connectivity index (χ1n) is 13.1. The highest BCUT2D eigenvalue weighted by Gasteiger charge is 2.53. The highest BCUT2D eigenvalue weighted by atomic mass is 32.1. The zero-order chi connectivity index (χ0) is 28.0. The minimum atomic E-state index is -1.31. The maximum Gasteiger partial charge on any atom is 0.407 e. The van der Waals surface area contributed by atoms with Crippen molar-refractivity contribution in [2.45, 2.75) is 62.4 Å². The molecule has 212 valence electrons. The van der Waals surface area contributed by atoms with Crippen LogP contribution in [-0.2, 0) is 4.74 Å². The minimum absolute atomic E-state index is 0.0151. The first kappa shape index (κ1) is 26.6. The first-order chi connectivity index (χ1) is 19.4. The van der Waals surface area contributed by atoms with Gasteiger partial charge in [-0.25, -0.2) is 9.18 Å². The van der Waals surface area contributed by atoms with E-state index >= 15 is 4.39 Å². The number of hydrogen-bond donors (Lipinski definition) is 1. The van der Waals surface area contributed by atoms with Crippen molar-refractivity contribution in [2.75, 3.05) is 25.9 Å². The van der Waals surface area contributed by atoms with E-state index in [1.807, 2.05) is 17.0 Å². The first-order valence-corrected chi connectivity index (χ1v) is 13.9. The number of anilines is 1. The number of alkyl halides is 1. The Balaban J connectivity index is 1.31. The molecule has 2 saturated heterocycles. The third-order valence-corrected chi connectivity index (χ3v) is 8.78. The molecule has 1 saturated carbocycles. The molecule has 3 aromatic rings. The van der Waals surface area contributed by atoms with Gasteiger partial charge in [0, 0.05) is 31.3 Å². The van der Waals surface area contributed by atoms with Gasteiger partial charge in [-0.05, 0) is 55.4 Å². The van der Waals surface area contributed by atoms with Gasteiger partial charge in [0.05, 0.1) is 24.8 Å². The van der Waals surface area contributed by atoms with Crippen molar-refractivity contribution >= 4 is 22.6 Å². The molecule has 1 amide bonds. The quantitative estimate of drug-likeness (QED) is 0.280. The lowest BCUT2D eigenvalue weighted by molar-refractivity contribution is 0.0476. The Morgan fingerprint density at radius 2 is 1.98 bits per heavy atom. The lowest BCUT2D eigenvalue weighted by Crippen LogP contribution is -2.59. The summed E-state index contributed by atoms with van der Waals surface area (Å²) < 4.78 is 46.0. The van der Waals surface area contributed by atoms with Gasteiger partial charge in [0.15, 0.2) is 11.8 Å². The number of fused-ring (bicyclic) bond motifs is 2. The monoisotopic (exact) mass is 573 g/mol. The number of piperidine rings is 1. The van der Waals surface area contributed by atoms with E-state index in [0.717, 1.165) is 12.8 Å². The second-order valence-electron chi connectivity index (χ2n) is 10.2. The van der Waals surface area contributed by atoms with Crippen LogP contribution in [0.5, 0.6) is 11.6 Å². The highest BCUT2D eigenvalue weighted by Crippen LogP contribution is 2.46. The Bertz CT molecular complexity index is 1410. The fourth-order valence-corrected chi connectivity index (χ4v) is 6.91. The zero-order valence-corrected chi connectivity index (χ0v) is 22.8.